The topological polar surface area (TPSA) is 72.6 Å². The highest BCUT2D eigenvalue weighted by Crippen LogP contribution is 2.32. The van der Waals surface area contributed by atoms with E-state index in [9.17, 15) is 14.9 Å². The van der Waals surface area contributed by atoms with E-state index in [2.05, 4.69) is 11.0 Å². The molecule has 3 aromatic rings. The lowest BCUT2D eigenvalue weighted by Crippen LogP contribution is -2.49. The fraction of sp³-hybridized carbons (Fsp3) is 0.346. The summed E-state index contributed by atoms with van der Waals surface area (Å²) in [4.78, 5) is 32.2. The first-order chi connectivity index (χ1) is 17.2. The molecule has 0 atom stereocenters. The quantitative estimate of drug-likeness (QED) is 0.446. The molecule has 0 bridgehead atoms. The third-order valence-corrected chi connectivity index (χ3v) is 7.32. The molecule has 0 spiro atoms. The second kappa shape index (κ2) is 11.1. The molecular formula is C26H26Cl3N5O2. The number of aromatic nitrogens is 1. The predicted octanol–water partition coefficient (Wildman–Crippen LogP) is 4.75. The maximum absolute atomic E-state index is 13.4. The van der Waals surface area contributed by atoms with Crippen LogP contribution in [0.3, 0.4) is 0 Å². The van der Waals surface area contributed by atoms with Gasteiger partial charge in [-0.1, -0.05) is 34.8 Å². The van der Waals surface area contributed by atoms with Gasteiger partial charge < -0.3 is 19.3 Å². The number of halogens is 3. The summed E-state index contributed by atoms with van der Waals surface area (Å²) in [6.45, 7) is 3.10. The molecule has 1 aliphatic rings. The van der Waals surface area contributed by atoms with Crippen molar-refractivity contribution in [2.75, 3.05) is 51.7 Å². The number of anilines is 1. The Bertz CT molecular complexity index is 1410. The summed E-state index contributed by atoms with van der Waals surface area (Å²) in [5.41, 5.74) is 1.57. The van der Waals surface area contributed by atoms with Crippen LogP contribution < -0.4 is 10.5 Å². The predicted molar refractivity (Wildman–Crippen MR) is 146 cm³/mol. The zero-order chi connectivity index (χ0) is 26.0. The van der Waals surface area contributed by atoms with Crippen molar-refractivity contribution in [3.8, 4) is 6.07 Å². The number of rotatable bonds is 6. The second-order valence-electron chi connectivity index (χ2n) is 9.02. The lowest BCUT2D eigenvalue weighted by Gasteiger charge is -2.37. The molecular weight excluding hydrogens is 521 g/mol. The number of nitriles is 1. The van der Waals surface area contributed by atoms with Crippen molar-refractivity contribution in [1.82, 2.24) is 14.4 Å². The minimum Gasteiger partial charge on any atom is -0.366 e. The first kappa shape index (κ1) is 26.3. The van der Waals surface area contributed by atoms with E-state index in [0.29, 0.717) is 59.0 Å². The van der Waals surface area contributed by atoms with Crippen LogP contribution in [-0.2, 0) is 6.54 Å². The smallest absolute Gasteiger partial charge is 0.271 e. The number of aryl methyl sites for hydroxylation is 1. The molecule has 7 nitrogen and oxygen atoms in total. The zero-order valence-electron chi connectivity index (χ0n) is 20.1. The van der Waals surface area contributed by atoms with E-state index in [4.69, 9.17) is 34.8 Å². The molecule has 1 fully saturated rings. The number of carbonyl (C=O) groups excluding carboxylic acids is 1. The van der Waals surface area contributed by atoms with Crippen LogP contribution >= 0.6 is 34.8 Å². The molecule has 0 N–H and O–H groups in total. The van der Waals surface area contributed by atoms with Gasteiger partial charge in [0.1, 0.15) is 11.6 Å². The van der Waals surface area contributed by atoms with E-state index >= 15 is 0 Å². The fourth-order valence-electron chi connectivity index (χ4n) is 4.55. The van der Waals surface area contributed by atoms with Gasteiger partial charge in [-0.25, -0.2) is 0 Å². The van der Waals surface area contributed by atoms with E-state index < -0.39 is 0 Å². The fourth-order valence-corrected chi connectivity index (χ4v) is 5.02. The SMILES string of the molecule is CN(C)CCCn1c(=O)c(C#N)c(N2CCN(C(=O)c3ccc(Cl)c(Cl)c3)CC2)c2cc(Cl)ccc21. The number of piperazine rings is 1. The van der Waals surface area contributed by atoms with Crippen LogP contribution in [0.4, 0.5) is 5.69 Å². The van der Waals surface area contributed by atoms with Crippen molar-refractivity contribution >= 4 is 57.3 Å². The van der Waals surface area contributed by atoms with Gasteiger partial charge in [0.25, 0.3) is 11.5 Å². The van der Waals surface area contributed by atoms with Gasteiger partial charge in [-0.15, -0.1) is 0 Å². The number of amides is 1. The molecule has 10 heteroatoms. The van der Waals surface area contributed by atoms with Gasteiger partial charge in [0, 0.05) is 48.7 Å². The van der Waals surface area contributed by atoms with E-state index in [0.717, 1.165) is 23.9 Å². The Hall–Kier alpha value is -2.76. The zero-order valence-corrected chi connectivity index (χ0v) is 22.4. The largest absolute Gasteiger partial charge is 0.366 e. The van der Waals surface area contributed by atoms with Gasteiger partial charge in [0.05, 0.1) is 21.2 Å². The summed E-state index contributed by atoms with van der Waals surface area (Å²) in [6, 6.07) is 12.4. The Kier molecular flexibility index (Phi) is 8.11. The molecule has 1 amide bonds. The average molecular weight is 547 g/mol. The lowest BCUT2D eigenvalue weighted by molar-refractivity contribution is 0.0747. The molecule has 0 aliphatic carbocycles. The molecule has 2 aromatic carbocycles. The highest BCUT2D eigenvalue weighted by atomic mass is 35.5. The van der Waals surface area contributed by atoms with Crippen LogP contribution in [0.25, 0.3) is 10.9 Å². The van der Waals surface area contributed by atoms with E-state index in [1.165, 1.54) is 0 Å². The first-order valence-corrected chi connectivity index (χ1v) is 12.7. The van der Waals surface area contributed by atoms with E-state index in [1.807, 2.05) is 31.1 Å². The van der Waals surface area contributed by atoms with Crippen molar-refractivity contribution < 1.29 is 4.79 Å². The molecule has 4 rings (SSSR count). The second-order valence-corrected chi connectivity index (χ2v) is 10.3. The van der Waals surface area contributed by atoms with E-state index in [-0.39, 0.29) is 17.0 Å². The summed E-state index contributed by atoms with van der Waals surface area (Å²) in [7, 11) is 3.97. The first-order valence-electron chi connectivity index (χ1n) is 11.6. The Labute approximate surface area is 225 Å². The normalized spacial score (nSPS) is 13.9. The monoisotopic (exact) mass is 545 g/mol. The average Bonchev–Trinajstić information content (AvgIpc) is 2.86. The molecule has 1 saturated heterocycles. The van der Waals surface area contributed by atoms with E-state index in [1.54, 1.807) is 33.7 Å². The van der Waals surface area contributed by atoms with Crippen molar-refractivity contribution in [2.24, 2.45) is 0 Å². The highest BCUT2D eigenvalue weighted by molar-refractivity contribution is 6.42. The van der Waals surface area contributed by atoms with Gasteiger partial charge in [0.2, 0.25) is 0 Å². The van der Waals surface area contributed by atoms with Gasteiger partial charge in [-0.2, -0.15) is 5.26 Å². The number of nitrogens with zero attached hydrogens (tertiary/aromatic N) is 5. The summed E-state index contributed by atoms with van der Waals surface area (Å²) >= 11 is 18.4. The summed E-state index contributed by atoms with van der Waals surface area (Å²) in [6.07, 6.45) is 0.768. The maximum atomic E-state index is 13.4. The summed E-state index contributed by atoms with van der Waals surface area (Å²) < 4.78 is 1.67. The molecule has 188 valence electrons. The Morgan fingerprint density at radius 2 is 1.75 bits per heavy atom. The van der Waals surface area contributed by atoms with Crippen LogP contribution in [0.2, 0.25) is 15.1 Å². The minimum atomic E-state index is -0.310. The standard InChI is InChI=1S/C26H26Cl3N5O2/c1-31(2)8-3-9-34-23-7-5-18(27)15-19(23)24(20(16-30)26(34)36)32-10-12-33(13-11-32)25(35)17-4-6-21(28)22(29)14-17/h4-7,14-15H,3,8-13H2,1-2H3. The Morgan fingerprint density at radius 1 is 1.03 bits per heavy atom. The van der Waals surface area contributed by atoms with Crippen LogP contribution in [-0.4, -0.2) is 67.1 Å². The van der Waals surface area contributed by atoms with Crippen molar-refractivity contribution in [1.29, 1.82) is 5.26 Å². The van der Waals surface area contributed by atoms with Crippen molar-refractivity contribution in [2.45, 2.75) is 13.0 Å². The van der Waals surface area contributed by atoms with Crippen molar-refractivity contribution in [3.63, 3.8) is 0 Å². The summed E-state index contributed by atoms with van der Waals surface area (Å²) in [5.74, 6) is -0.141. The number of fused-ring (bicyclic) bond motifs is 1. The molecule has 1 aromatic heterocycles. The molecule has 0 unspecified atom stereocenters. The molecule has 36 heavy (non-hydrogen) atoms. The number of hydrogen-bond acceptors (Lipinski definition) is 5. The van der Waals surface area contributed by atoms with Gasteiger partial charge in [-0.3, -0.25) is 9.59 Å². The lowest BCUT2D eigenvalue weighted by atomic mass is 10.1. The Morgan fingerprint density at radius 3 is 2.39 bits per heavy atom. The Balaban J connectivity index is 1.65. The van der Waals surface area contributed by atoms with Crippen molar-refractivity contribution in [3.05, 3.63) is 72.9 Å². The number of carbonyl (C=O) groups is 1. The van der Waals surface area contributed by atoms with Crippen LogP contribution in [0.15, 0.2) is 41.2 Å². The third kappa shape index (κ3) is 5.33. The molecule has 1 aliphatic heterocycles. The van der Waals surface area contributed by atoms with Gasteiger partial charge >= 0.3 is 0 Å². The van der Waals surface area contributed by atoms with Gasteiger partial charge in [0.15, 0.2) is 0 Å². The number of benzene rings is 2. The van der Waals surface area contributed by atoms with Gasteiger partial charge in [-0.05, 0) is 63.5 Å². The number of hydrogen-bond donors (Lipinski definition) is 0. The summed E-state index contributed by atoms with van der Waals surface area (Å²) in [5, 5.41) is 12.0. The molecule has 0 radical (unpaired) electrons. The molecule has 0 saturated carbocycles. The number of pyridine rings is 1. The van der Waals surface area contributed by atoms with Crippen LogP contribution in [0.5, 0.6) is 0 Å². The van der Waals surface area contributed by atoms with Crippen LogP contribution in [0.1, 0.15) is 22.3 Å². The van der Waals surface area contributed by atoms with Crippen LogP contribution in [0, 0.1) is 11.3 Å². The maximum Gasteiger partial charge on any atom is 0.271 e. The third-order valence-electron chi connectivity index (χ3n) is 6.35. The highest BCUT2D eigenvalue weighted by Gasteiger charge is 2.27. The minimum absolute atomic E-state index is 0.0962. The molecule has 2 heterocycles.